The van der Waals surface area contributed by atoms with E-state index >= 15 is 0 Å². The van der Waals surface area contributed by atoms with Gasteiger partial charge < -0.3 is 9.73 Å². The topological polar surface area (TPSA) is 55.1 Å². The number of aryl methyl sites for hydroxylation is 1. The molecule has 0 fully saturated rings. The largest absolute Gasteiger partial charge is 0.422 e. The van der Waals surface area contributed by atoms with Crippen LogP contribution in [0.15, 0.2) is 67.6 Å². The molecule has 0 radical (unpaired) electrons. The van der Waals surface area contributed by atoms with Crippen LogP contribution < -0.4 is 10.9 Å². The van der Waals surface area contributed by atoms with Crippen LogP contribution in [0.2, 0.25) is 0 Å². The zero-order chi connectivity index (χ0) is 17.4. The molecule has 0 aliphatic heterocycles. The first kappa shape index (κ1) is 16.1. The monoisotopic (exact) mass is 412 g/mol. The van der Waals surface area contributed by atoms with Crippen molar-refractivity contribution in [2.24, 2.45) is 0 Å². The molecule has 25 heavy (non-hydrogen) atoms. The van der Waals surface area contributed by atoms with Crippen LogP contribution in [0.3, 0.4) is 0 Å². The Morgan fingerprint density at radius 1 is 1.16 bits per heavy atom. The number of anilines is 2. The summed E-state index contributed by atoms with van der Waals surface area (Å²) in [6, 6.07) is 15.3. The molecule has 0 spiro atoms. The number of aromatic nitrogens is 1. The lowest BCUT2D eigenvalue weighted by Gasteiger charge is -2.06. The third-order valence-electron chi connectivity index (χ3n) is 3.79. The summed E-state index contributed by atoms with van der Waals surface area (Å²) in [5, 5.41) is 6.72. The van der Waals surface area contributed by atoms with Gasteiger partial charge in [0.05, 0.1) is 16.9 Å². The molecule has 4 aromatic rings. The highest BCUT2D eigenvalue weighted by Gasteiger charge is 2.12. The van der Waals surface area contributed by atoms with E-state index in [0.717, 1.165) is 15.5 Å². The van der Waals surface area contributed by atoms with Crippen molar-refractivity contribution in [1.29, 1.82) is 0 Å². The number of halogens is 1. The van der Waals surface area contributed by atoms with Crippen molar-refractivity contribution in [1.82, 2.24) is 4.98 Å². The van der Waals surface area contributed by atoms with E-state index in [-0.39, 0.29) is 5.63 Å². The van der Waals surface area contributed by atoms with Crippen LogP contribution in [0.5, 0.6) is 0 Å². The molecule has 0 bridgehead atoms. The Morgan fingerprint density at radius 2 is 2.00 bits per heavy atom. The molecule has 2 aromatic carbocycles. The maximum atomic E-state index is 12.3. The first-order valence-electron chi connectivity index (χ1n) is 7.62. The number of hydrogen-bond acceptors (Lipinski definition) is 5. The first-order chi connectivity index (χ1) is 12.1. The minimum atomic E-state index is -0.382. The smallest absolute Gasteiger partial charge is 0.345 e. The Hall–Kier alpha value is -2.44. The fraction of sp³-hybridized carbons (Fsp3) is 0.0526. The van der Waals surface area contributed by atoms with E-state index in [9.17, 15) is 4.79 Å². The standard InChI is InChI=1S/C19H13BrN2O2S/c1-11-6-7-15(14(20)8-11)21-19-22-16(10-25-19)13-9-12-4-2-3-5-17(12)24-18(13)23/h2-10H,1H3,(H,21,22). The van der Waals surface area contributed by atoms with Gasteiger partial charge in [0.15, 0.2) is 5.13 Å². The SMILES string of the molecule is Cc1ccc(Nc2nc(-c3cc4ccccc4oc3=O)cs2)c(Br)c1. The summed E-state index contributed by atoms with van der Waals surface area (Å²) in [6.07, 6.45) is 0. The lowest BCUT2D eigenvalue weighted by Crippen LogP contribution is -2.02. The molecule has 4 nitrogen and oxygen atoms in total. The number of thiazole rings is 1. The second-order valence-corrected chi connectivity index (χ2v) is 7.34. The van der Waals surface area contributed by atoms with Crippen molar-refractivity contribution < 1.29 is 4.42 Å². The molecule has 0 aliphatic carbocycles. The van der Waals surface area contributed by atoms with Crippen LogP contribution in [-0.4, -0.2) is 4.98 Å². The van der Waals surface area contributed by atoms with E-state index in [0.29, 0.717) is 22.0 Å². The zero-order valence-corrected chi connectivity index (χ0v) is 15.6. The highest BCUT2D eigenvalue weighted by molar-refractivity contribution is 9.10. The predicted octanol–water partition coefficient (Wildman–Crippen LogP) is 5.73. The van der Waals surface area contributed by atoms with Crippen molar-refractivity contribution in [2.75, 3.05) is 5.32 Å². The number of nitrogens with zero attached hydrogens (tertiary/aromatic N) is 1. The Balaban J connectivity index is 1.69. The maximum absolute atomic E-state index is 12.3. The van der Waals surface area contributed by atoms with Gasteiger partial charge in [0.1, 0.15) is 5.58 Å². The Labute approximate surface area is 156 Å². The number of para-hydroxylation sites is 1. The third-order valence-corrected chi connectivity index (χ3v) is 5.20. The Morgan fingerprint density at radius 3 is 2.84 bits per heavy atom. The fourth-order valence-electron chi connectivity index (χ4n) is 2.53. The summed E-state index contributed by atoms with van der Waals surface area (Å²) < 4.78 is 6.36. The van der Waals surface area contributed by atoms with Gasteiger partial charge in [-0.15, -0.1) is 11.3 Å². The fourth-order valence-corrected chi connectivity index (χ4v) is 3.85. The molecule has 0 atom stereocenters. The van der Waals surface area contributed by atoms with Crippen molar-refractivity contribution in [3.05, 3.63) is 74.4 Å². The van der Waals surface area contributed by atoms with Gasteiger partial charge in [-0.05, 0) is 52.7 Å². The summed E-state index contributed by atoms with van der Waals surface area (Å²) in [5.41, 5.74) is 3.37. The molecule has 2 aromatic heterocycles. The van der Waals surface area contributed by atoms with Gasteiger partial charge >= 0.3 is 5.63 Å². The van der Waals surface area contributed by atoms with Crippen LogP contribution in [0, 0.1) is 6.92 Å². The molecule has 1 N–H and O–H groups in total. The molecule has 0 aliphatic rings. The zero-order valence-electron chi connectivity index (χ0n) is 13.2. The molecule has 124 valence electrons. The second-order valence-electron chi connectivity index (χ2n) is 5.63. The normalized spacial score (nSPS) is 11.0. The molecular weight excluding hydrogens is 400 g/mol. The summed E-state index contributed by atoms with van der Waals surface area (Å²) in [6.45, 7) is 2.04. The van der Waals surface area contributed by atoms with E-state index in [4.69, 9.17) is 4.42 Å². The number of nitrogens with one attached hydrogen (secondary N) is 1. The summed E-state index contributed by atoms with van der Waals surface area (Å²) in [7, 11) is 0. The molecule has 2 heterocycles. The predicted molar refractivity (Wildman–Crippen MR) is 106 cm³/mol. The molecule has 6 heteroatoms. The summed E-state index contributed by atoms with van der Waals surface area (Å²) in [5.74, 6) is 0. The average molecular weight is 413 g/mol. The summed E-state index contributed by atoms with van der Waals surface area (Å²) in [4.78, 5) is 16.8. The number of rotatable bonds is 3. The lowest BCUT2D eigenvalue weighted by atomic mass is 10.1. The quantitative estimate of drug-likeness (QED) is 0.436. The highest BCUT2D eigenvalue weighted by atomic mass is 79.9. The van der Waals surface area contributed by atoms with Gasteiger partial charge in [0.2, 0.25) is 0 Å². The highest BCUT2D eigenvalue weighted by Crippen LogP contribution is 2.30. The van der Waals surface area contributed by atoms with Crippen LogP contribution in [-0.2, 0) is 0 Å². The van der Waals surface area contributed by atoms with Crippen LogP contribution in [0.1, 0.15) is 5.56 Å². The van der Waals surface area contributed by atoms with Crippen LogP contribution in [0.4, 0.5) is 10.8 Å². The third kappa shape index (κ3) is 3.23. The van der Waals surface area contributed by atoms with Crippen molar-refractivity contribution in [3.63, 3.8) is 0 Å². The van der Waals surface area contributed by atoms with Crippen molar-refractivity contribution in [2.45, 2.75) is 6.92 Å². The second kappa shape index (κ2) is 6.46. The van der Waals surface area contributed by atoms with E-state index < -0.39 is 0 Å². The molecule has 4 rings (SSSR count). The number of benzene rings is 2. The average Bonchev–Trinajstić information content (AvgIpc) is 3.05. The van der Waals surface area contributed by atoms with E-state index in [1.807, 2.05) is 54.8 Å². The van der Waals surface area contributed by atoms with Gasteiger partial charge in [0, 0.05) is 15.2 Å². The molecule has 0 amide bonds. The molecule has 0 unspecified atom stereocenters. The minimum Gasteiger partial charge on any atom is -0.422 e. The number of hydrogen-bond donors (Lipinski definition) is 1. The van der Waals surface area contributed by atoms with Crippen LogP contribution >= 0.6 is 27.3 Å². The van der Waals surface area contributed by atoms with Crippen molar-refractivity contribution in [3.8, 4) is 11.3 Å². The van der Waals surface area contributed by atoms with Gasteiger partial charge in [-0.2, -0.15) is 0 Å². The van der Waals surface area contributed by atoms with Gasteiger partial charge in [-0.25, -0.2) is 9.78 Å². The van der Waals surface area contributed by atoms with E-state index in [1.54, 1.807) is 6.07 Å². The van der Waals surface area contributed by atoms with E-state index in [1.165, 1.54) is 16.9 Å². The first-order valence-corrected chi connectivity index (χ1v) is 9.29. The van der Waals surface area contributed by atoms with Gasteiger partial charge in [-0.3, -0.25) is 0 Å². The molecule has 0 saturated carbocycles. The maximum Gasteiger partial charge on any atom is 0.345 e. The Bertz CT molecular complexity index is 1130. The Kier molecular flexibility index (Phi) is 4.15. The number of fused-ring (bicyclic) bond motifs is 1. The summed E-state index contributed by atoms with van der Waals surface area (Å²) >= 11 is 4.99. The van der Waals surface area contributed by atoms with Crippen molar-refractivity contribution >= 4 is 49.1 Å². The minimum absolute atomic E-state index is 0.382. The molecule has 0 saturated heterocycles. The van der Waals surface area contributed by atoms with Gasteiger partial charge in [-0.1, -0.05) is 24.3 Å². The molecular formula is C19H13BrN2O2S. The lowest BCUT2D eigenvalue weighted by molar-refractivity contribution is 0.563. The van der Waals surface area contributed by atoms with E-state index in [2.05, 4.69) is 26.2 Å². The van der Waals surface area contributed by atoms with Crippen LogP contribution in [0.25, 0.3) is 22.2 Å². The van der Waals surface area contributed by atoms with Gasteiger partial charge in [0.25, 0.3) is 0 Å².